The minimum atomic E-state index is -0.864. The van der Waals surface area contributed by atoms with Crippen LogP contribution in [0, 0.1) is 11.8 Å². The summed E-state index contributed by atoms with van der Waals surface area (Å²) in [6, 6.07) is 3.54. The van der Waals surface area contributed by atoms with Crippen LogP contribution in [-0.4, -0.2) is 17.0 Å². The highest BCUT2D eigenvalue weighted by atomic mass is 35.5. The van der Waals surface area contributed by atoms with Gasteiger partial charge in [-0.05, 0) is 31.9 Å². The molecule has 110 valence electrons. The number of aliphatic carboxylic acids is 1. The summed E-state index contributed by atoms with van der Waals surface area (Å²) >= 11 is 7.31. The normalized spacial score (nSPS) is 24.1. The summed E-state index contributed by atoms with van der Waals surface area (Å²) in [5.74, 6) is -1.99. The molecule has 1 aromatic heterocycles. The van der Waals surface area contributed by atoms with Crippen LogP contribution >= 0.6 is 22.9 Å². The zero-order chi connectivity index (χ0) is 14.7. The van der Waals surface area contributed by atoms with E-state index in [1.54, 1.807) is 6.07 Å². The van der Waals surface area contributed by atoms with E-state index in [-0.39, 0.29) is 11.9 Å². The van der Waals surface area contributed by atoms with Gasteiger partial charge >= 0.3 is 5.97 Å². The molecule has 20 heavy (non-hydrogen) atoms. The Kier molecular flexibility index (Phi) is 5.05. The number of carboxylic acid groups (broad SMARTS) is 1. The molecule has 0 bridgehead atoms. The zero-order valence-corrected chi connectivity index (χ0v) is 12.8. The van der Waals surface area contributed by atoms with Gasteiger partial charge in [-0.1, -0.05) is 24.4 Å². The molecule has 0 radical (unpaired) electrons. The Balaban J connectivity index is 2.01. The van der Waals surface area contributed by atoms with E-state index in [9.17, 15) is 14.7 Å². The second-order valence-corrected chi connectivity index (χ2v) is 6.95. The largest absolute Gasteiger partial charge is 0.481 e. The van der Waals surface area contributed by atoms with E-state index in [1.807, 2.05) is 13.0 Å². The average Bonchev–Trinajstić information content (AvgIpc) is 2.85. The van der Waals surface area contributed by atoms with Crippen LogP contribution in [0.2, 0.25) is 4.34 Å². The standard InChI is InChI=1S/C14H18ClNO3S/c1-8(11-6-7-12(15)20-11)16-13(17)9-4-2-3-5-10(9)14(18)19/h6-10H,2-5H2,1H3,(H,16,17)(H,18,19)/t8?,9-,10+/m1/s1. The van der Waals surface area contributed by atoms with E-state index in [4.69, 9.17) is 11.6 Å². The van der Waals surface area contributed by atoms with Crippen molar-refractivity contribution in [2.75, 3.05) is 0 Å². The number of carbonyl (C=O) groups excluding carboxylic acids is 1. The lowest BCUT2D eigenvalue weighted by atomic mass is 9.78. The Bertz CT molecular complexity index is 502. The van der Waals surface area contributed by atoms with Crippen molar-refractivity contribution in [1.29, 1.82) is 0 Å². The highest BCUT2D eigenvalue weighted by Gasteiger charge is 2.36. The number of hydrogen-bond donors (Lipinski definition) is 2. The van der Waals surface area contributed by atoms with Crippen molar-refractivity contribution in [3.05, 3.63) is 21.3 Å². The molecule has 1 heterocycles. The first kappa shape index (κ1) is 15.3. The number of carbonyl (C=O) groups is 2. The summed E-state index contributed by atoms with van der Waals surface area (Å²) in [5, 5.41) is 12.1. The van der Waals surface area contributed by atoms with Crippen molar-refractivity contribution in [1.82, 2.24) is 5.32 Å². The van der Waals surface area contributed by atoms with E-state index in [1.165, 1.54) is 11.3 Å². The molecule has 0 aliphatic heterocycles. The number of rotatable bonds is 4. The first-order chi connectivity index (χ1) is 9.49. The Morgan fingerprint density at radius 2 is 2.00 bits per heavy atom. The number of hydrogen-bond acceptors (Lipinski definition) is 3. The minimum Gasteiger partial charge on any atom is -0.481 e. The minimum absolute atomic E-state index is 0.142. The number of carboxylic acids is 1. The molecule has 3 atom stereocenters. The quantitative estimate of drug-likeness (QED) is 0.894. The molecular weight excluding hydrogens is 298 g/mol. The third kappa shape index (κ3) is 3.52. The molecule has 6 heteroatoms. The van der Waals surface area contributed by atoms with Gasteiger partial charge in [0.05, 0.1) is 22.2 Å². The van der Waals surface area contributed by atoms with Crippen molar-refractivity contribution < 1.29 is 14.7 Å². The van der Waals surface area contributed by atoms with Crippen LogP contribution in [0.5, 0.6) is 0 Å². The Morgan fingerprint density at radius 3 is 2.55 bits per heavy atom. The summed E-state index contributed by atoms with van der Waals surface area (Å²) in [5.41, 5.74) is 0. The molecule has 2 N–H and O–H groups in total. The molecular formula is C14H18ClNO3S. The van der Waals surface area contributed by atoms with Crippen LogP contribution in [0.4, 0.5) is 0 Å². The van der Waals surface area contributed by atoms with Gasteiger partial charge in [0.1, 0.15) is 0 Å². The van der Waals surface area contributed by atoms with Gasteiger partial charge in [-0.3, -0.25) is 9.59 Å². The molecule has 1 unspecified atom stereocenters. The predicted molar refractivity (Wildman–Crippen MR) is 79.0 cm³/mol. The van der Waals surface area contributed by atoms with Gasteiger partial charge in [0.2, 0.25) is 5.91 Å². The summed E-state index contributed by atoms with van der Waals surface area (Å²) in [6.07, 6.45) is 3.05. The first-order valence-corrected chi connectivity index (χ1v) is 7.97. The first-order valence-electron chi connectivity index (χ1n) is 6.77. The van der Waals surface area contributed by atoms with Crippen molar-refractivity contribution in [3.63, 3.8) is 0 Å². The van der Waals surface area contributed by atoms with E-state index < -0.39 is 17.8 Å². The fourth-order valence-corrected chi connectivity index (χ4v) is 3.76. The van der Waals surface area contributed by atoms with Gasteiger partial charge in [0.15, 0.2) is 0 Å². The van der Waals surface area contributed by atoms with E-state index in [0.717, 1.165) is 17.7 Å². The average molecular weight is 316 g/mol. The third-order valence-electron chi connectivity index (χ3n) is 3.80. The third-order valence-corrected chi connectivity index (χ3v) is 5.21. The summed E-state index contributed by atoms with van der Waals surface area (Å²) in [6.45, 7) is 1.89. The maximum Gasteiger partial charge on any atom is 0.307 e. The number of halogens is 1. The number of nitrogens with one attached hydrogen (secondary N) is 1. The Labute approximate surface area is 127 Å². The summed E-state index contributed by atoms with van der Waals surface area (Å²) in [7, 11) is 0. The fraction of sp³-hybridized carbons (Fsp3) is 0.571. The number of thiophene rings is 1. The van der Waals surface area contributed by atoms with E-state index >= 15 is 0 Å². The van der Waals surface area contributed by atoms with Crippen molar-refractivity contribution >= 4 is 34.8 Å². The van der Waals surface area contributed by atoms with Crippen molar-refractivity contribution in [2.24, 2.45) is 11.8 Å². The molecule has 1 fully saturated rings. The van der Waals surface area contributed by atoms with Gasteiger partial charge in [-0.2, -0.15) is 0 Å². The van der Waals surface area contributed by atoms with Crippen LogP contribution in [0.1, 0.15) is 43.5 Å². The molecule has 1 saturated carbocycles. The van der Waals surface area contributed by atoms with Gasteiger partial charge in [0.25, 0.3) is 0 Å². The highest BCUT2D eigenvalue weighted by Crippen LogP contribution is 2.32. The fourth-order valence-electron chi connectivity index (χ4n) is 2.69. The van der Waals surface area contributed by atoms with Crippen LogP contribution in [0.15, 0.2) is 12.1 Å². The lowest BCUT2D eigenvalue weighted by Crippen LogP contribution is -2.40. The molecule has 0 aromatic carbocycles. The van der Waals surface area contributed by atoms with E-state index in [2.05, 4.69) is 5.32 Å². The molecule has 1 aliphatic rings. The van der Waals surface area contributed by atoms with Gasteiger partial charge in [-0.15, -0.1) is 11.3 Å². The lowest BCUT2D eigenvalue weighted by Gasteiger charge is -2.28. The van der Waals surface area contributed by atoms with Crippen LogP contribution in [0.3, 0.4) is 0 Å². The Morgan fingerprint density at radius 1 is 1.35 bits per heavy atom. The molecule has 4 nitrogen and oxygen atoms in total. The van der Waals surface area contributed by atoms with Crippen molar-refractivity contribution in [3.8, 4) is 0 Å². The number of amides is 1. The predicted octanol–water partition coefficient (Wildman–Crippen LogP) is 3.47. The summed E-state index contributed by atoms with van der Waals surface area (Å²) in [4.78, 5) is 24.5. The van der Waals surface area contributed by atoms with Gasteiger partial charge in [0, 0.05) is 4.88 Å². The zero-order valence-electron chi connectivity index (χ0n) is 11.3. The maximum absolute atomic E-state index is 12.3. The molecule has 0 saturated heterocycles. The second-order valence-electron chi connectivity index (χ2n) is 5.21. The van der Waals surface area contributed by atoms with Crippen LogP contribution in [-0.2, 0) is 9.59 Å². The monoisotopic (exact) mass is 315 g/mol. The second kappa shape index (κ2) is 6.59. The van der Waals surface area contributed by atoms with Gasteiger partial charge < -0.3 is 10.4 Å². The molecule has 0 spiro atoms. The maximum atomic E-state index is 12.3. The van der Waals surface area contributed by atoms with Gasteiger partial charge in [-0.25, -0.2) is 0 Å². The van der Waals surface area contributed by atoms with Crippen molar-refractivity contribution in [2.45, 2.75) is 38.6 Å². The molecule has 2 rings (SSSR count). The summed E-state index contributed by atoms with van der Waals surface area (Å²) < 4.78 is 0.683. The lowest BCUT2D eigenvalue weighted by molar-refractivity contribution is -0.149. The molecule has 1 aromatic rings. The Hall–Kier alpha value is -1.07. The smallest absolute Gasteiger partial charge is 0.307 e. The van der Waals surface area contributed by atoms with Crippen LogP contribution < -0.4 is 5.32 Å². The van der Waals surface area contributed by atoms with E-state index in [0.29, 0.717) is 17.2 Å². The molecule has 1 amide bonds. The highest BCUT2D eigenvalue weighted by molar-refractivity contribution is 7.16. The molecule has 1 aliphatic carbocycles. The SMILES string of the molecule is CC(NC(=O)[C@@H]1CCCC[C@@H]1C(=O)O)c1ccc(Cl)s1. The topological polar surface area (TPSA) is 66.4 Å². The van der Waals surface area contributed by atoms with Crippen LogP contribution in [0.25, 0.3) is 0 Å².